The van der Waals surface area contributed by atoms with Crippen LogP contribution in [-0.2, 0) is 0 Å². The number of benzene rings is 1. The number of anilines is 2. The predicted octanol–water partition coefficient (Wildman–Crippen LogP) is 1.86. The van der Waals surface area contributed by atoms with Crippen LogP contribution in [0.2, 0.25) is 0 Å². The molecule has 1 heterocycles. The molecule has 0 fully saturated rings. The molecule has 4 heteroatoms. The fourth-order valence-corrected chi connectivity index (χ4v) is 1.53. The summed E-state index contributed by atoms with van der Waals surface area (Å²) in [6, 6.07) is 5.79. The van der Waals surface area contributed by atoms with Gasteiger partial charge >= 0.3 is 0 Å². The van der Waals surface area contributed by atoms with Crippen LogP contribution in [0.25, 0.3) is 11.3 Å². The Morgan fingerprint density at radius 2 is 1.87 bits per heavy atom. The number of aromatic amines is 1. The molecule has 5 N–H and O–H groups in total. The maximum Gasteiger partial charge on any atom is 0.145 e. The minimum absolute atomic E-state index is 0.488. The van der Waals surface area contributed by atoms with Crippen molar-refractivity contribution in [2.45, 2.75) is 13.8 Å². The SMILES string of the molecule is Cc1cc(-c2cc(N)n[nH]2)cc(N)c1C. The summed E-state index contributed by atoms with van der Waals surface area (Å²) in [5.74, 6) is 0.488. The highest BCUT2D eigenvalue weighted by Gasteiger charge is 2.05. The molecule has 0 radical (unpaired) electrons. The third-order valence-electron chi connectivity index (χ3n) is 2.62. The van der Waals surface area contributed by atoms with Crippen molar-refractivity contribution in [3.8, 4) is 11.3 Å². The van der Waals surface area contributed by atoms with E-state index in [0.717, 1.165) is 28.1 Å². The zero-order valence-corrected chi connectivity index (χ0v) is 8.83. The van der Waals surface area contributed by atoms with E-state index in [0.29, 0.717) is 5.82 Å². The number of H-pyrrole nitrogens is 1. The number of hydrogen-bond donors (Lipinski definition) is 3. The molecule has 78 valence electrons. The standard InChI is InChI=1S/C11H14N4/c1-6-3-8(4-9(12)7(6)2)10-5-11(13)15-14-10/h3-5H,12H2,1-2H3,(H3,13,14,15). The van der Waals surface area contributed by atoms with Crippen LogP contribution in [-0.4, -0.2) is 10.2 Å². The molecule has 0 aliphatic heterocycles. The van der Waals surface area contributed by atoms with Gasteiger partial charge in [-0.2, -0.15) is 5.10 Å². The highest BCUT2D eigenvalue weighted by Crippen LogP contribution is 2.25. The lowest BCUT2D eigenvalue weighted by atomic mass is 10.0. The maximum absolute atomic E-state index is 5.90. The first kappa shape index (κ1) is 9.58. The summed E-state index contributed by atoms with van der Waals surface area (Å²) in [6.07, 6.45) is 0. The van der Waals surface area contributed by atoms with Crippen molar-refractivity contribution in [2.75, 3.05) is 11.5 Å². The molecule has 0 saturated carbocycles. The average molecular weight is 202 g/mol. The van der Waals surface area contributed by atoms with Crippen LogP contribution in [0.1, 0.15) is 11.1 Å². The summed E-state index contributed by atoms with van der Waals surface area (Å²) in [7, 11) is 0. The molecule has 15 heavy (non-hydrogen) atoms. The number of nitrogens with zero attached hydrogens (tertiary/aromatic N) is 1. The van der Waals surface area contributed by atoms with Gasteiger partial charge in [0.15, 0.2) is 0 Å². The van der Waals surface area contributed by atoms with Crippen LogP contribution < -0.4 is 11.5 Å². The van der Waals surface area contributed by atoms with E-state index in [9.17, 15) is 0 Å². The van der Waals surface area contributed by atoms with Gasteiger partial charge in [0.25, 0.3) is 0 Å². The van der Waals surface area contributed by atoms with E-state index in [2.05, 4.69) is 16.3 Å². The van der Waals surface area contributed by atoms with Crippen LogP contribution in [0.15, 0.2) is 18.2 Å². The third-order valence-corrected chi connectivity index (χ3v) is 2.62. The molecule has 0 saturated heterocycles. The Kier molecular flexibility index (Phi) is 2.11. The van der Waals surface area contributed by atoms with Crippen LogP contribution >= 0.6 is 0 Å². The number of aryl methyl sites for hydroxylation is 1. The molecule has 2 aromatic rings. The van der Waals surface area contributed by atoms with E-state index >= 15 is 0 Å². The Hall–Kier alpha value is -1.97. The first-order valence-electron chi connectivity index (χ1n) is 4.76. The fourth-order valence-electron chi connectivity index (χ4n) is 1.53. The van der Waals surface area contributed by atoms with Gasteiger partial charge in [0.2, 0.25) is 0 Å². The topological polar surface area (TPSA) is 80.7 Å². The molecule has 0 aliphatic rings. The first-order valence-corrected chi connectivity index (χ1v) is 4.76. The van der Waals surface area contributed by atoms with Crippen molar-refractivity contribution in [3.05, 3.63) is 29.3 Å². The van der Waals surface area contributed by atoms with Crippen LogP contribution in [0.5, 0.6) is 0 Å². The van der Waals surface area contributed by atoms with Crippen LogP contribution in [0.3, 0.4) is 0 Å². The lowest BCUT2D eigenvalue weighted by molar-refractivity contribution is 1.10. The maximum atomic E-state index is 5.90. The Bertz CT molecular complexity index is 476. The monoisotopic (exact) mass is 202 g/mol. The minimum atomic E-state index is 0.488. The largest absolute Gasteiger partial charge is 0.398 e. The Morgan fingerprint density at radius 1 is 1.13 bits per heavy atom. The van der Waals surface area contributed by atoms with Crippen molar-refractivity contribution in [3.63, 3.8) is 0 Å². The molecule has 1 aromatic heterocycles. The lowest BCUT2D eigenvalue weighted by Crippen LogP contribution is -1.93. The van der Waals surface area contributed by atoms with E-state index in [1.807, 2.05) is 19.9 Å². The minimum Gasteiger partial charge on any atom is -0.398 e. The number of aromatic nitrogens is 2. The van der Waals surface area contributed by atoms with Gasteiger partial charge in [-0.05, 0) is 37.1 Å². The van der Waals surface area contributed by atoms with Gasteiger partial charge in [-0.3, -0.25) is 5.10 Å². The highest BCUT2D eigenvalue weighted by molar-refractivity contribution is 5.69. The van der Waals surface area contributed by atoms with E-state index in [4.69, 9.17) is 11.5 Å². The Morgan fingerprint density at radius 3 is 2.40 bits per heavy atom. The molecule has 0 unspecified atom stereocenters. The van der Waals surface area contributed by atoms with Gasteiger partial charge in [-0.15, -0.1) is 0 Å². The van der Waals surface area contributed by atoms with Crippen molar-refractivity contribution < 1.29 is 0 Å². The Labute approximate surface area is 88.3 Å². The van der Waals surface area contributed by atoms with Crippen molar-refractivity contribution in [2.24, 2.45) is 0 Å². The molecule has 0 aliphatic carbocycles. The van der Waals surface area contributed by atoms with Gasteiger partial charge in [0, 0.05) is 17.3 Å². The van der Waals surface area contributed by atoms with Crippen molar-refractivity contribution >= 4 is 11.5 Å². The number of rotatable bonds is 1. The number of nitrogens with two attached hydrogens (primary N) is 2. The highest BCUT2D eigenvalue weighted by atomic mass is 15.2. The fraction of sp³-hybridized carbons (Fsp3) is 0.182. The number of hydrogen-bond acceptors (Lipinski definition) is 3. The summed E-state index contributed by atoms with van der Waals surface area (Å²) in [5, 5.41) is 6.75. The molecule has 4 nitrogen and oxygen atoms in total. The van der Waals surface area contributed by atoms with E-state index in [1.54, 1.807) is 6.07 Å². The predicted molar refractivity (Wildman–Crippen MR) is 62.3 cm³/mol. The van der Waals surface area contributed by atoms with Gasteiger partial charge in [0.1, 0.15) is 5.82 Å². The third kappa shape index (κ3) is 1.66. The lowest BCUT2D eigenvalue weighted by Gasteiger charge is -2.07. The molecular formula is C11H14N4. The summed E-state index contributed by atoms with van der Waals surface area (Å²) >= 11 is 0. The smallest absolute Gasteiger partial charge is 0.145 e. The zero-order chi connectivity index (χ0) is 11.0. The second kappa shape index (κ2) is 3.31. The quantitative estimate of drug-likeness (QED) is 0.617. The summed E-state index contributed by atoms with van der Waals surface area (Å²) in [5.41, 5.74) is 16.4. The van der Waals surface area contributed by atoms with Gasteiger partial charge in [-0.25, -0.2) is 0 Å². The van der Waals surface area contributed by atoms with Crippen LogP contribution in [0.4, 0.5) is 11.5 Å². The normalized spacial score (nSPS) is 10.5. The van der Waals surface area contributed by atoms with Crippen LogP contribution in [0, 0.1) is 13.8 Å². The van der Waals surface area contributed by atoms with Gasteiger partial charge < -0.3 is 11.5 Å². The molecule has 1 aromatic carbocycles. The average Bonchev–Trinajstić information content (AvgIpc) is 2.60. The van der Waals surface area contributed by atoms with E-state index in [-0.39, 0.29) is 0 Å². The summed E-state index contributed by atoms with van der Waals surface area (Å²) in [6.45, 7) is 4.05. The molecule has 0 spiro atoms. The second-order valence-electron chi connectivity index (χ2n) is 3.71. The zero-order valence-electron chi connectivity index (χ0n) is 8.83. The molecule has 0 atom stereocenters. The number of nitrogen functional groups attached to an aromatic ring is 2. The van der Waals surface area contributed by atoms with Gasteiger partial charge in [-0.1, -0.05) is 0 Å². The molecular weight excluding hydrogens is 188 g/mol. The summed E-state index contributed by atoms with van der Waals surface area (Å²) in [4.78, 5) is 0. The molecule has 2 rings (SSSR count). The number of nitrogens with one attached hydrogen (secondary N) is 1. The van der Waals surface area contributed by atoms with Crippen molar-refractivity contribution in [1.82, 2.24) is 10.2 Å². The summed E-state index contributed by atoms with van der Waals surface area (Å²) < 4.78 is 0. The van der Waals surface area contributed by atoms with Crippen molar-refractivity contribution in [1.29, 1.82) is 0 Å². The van der Waals surface area contributed by atoms with Gasteiger partial charge in [0.05, 0.1) is 5.69 Å². The molecule has 0 amide bonds. The van der Waals surface area contributed by atoms with E-state index < -0.39 is 0 Å². The first-order chi connectivity index (χ1) is 7.08. The second-order valence-corrected chi connectivity index (χ2v) is 3.71. The Balaban J connectivity index is 2.55. The van der Waals surface area contributed by atoms with E-state index in [1.165, 1.54) is 0 Å². The molecule has 0 bridgehead atoms.